The third kappa shape index (κ3) is 5.17. The van der Waals surface area contributed by atoms with E-state index in [9.17, 15) is 4.39 Å². The molecule has 8 heteroatoms. The van der Waals surface area contributed by atoms with Crippen LogP contribution in [-0.4, -0.2) is 14.8 Å². The average molecular weight is 466 g/mol. The number of hydrogen-bond donors (Lipinski definition) is 0. The molecule has 4 nitrogen and oxygen atoms in total. The van der Waals surface area contributed by atoms with Crippen molar-refractivity contribution in [2.45, 2.75) is 44.3 Å². The molecular weight excluding hydrogens is 444 g/mol. The molecule has 1 unspecified atom stereocenters. The van der Waals surface area contributed by atoms with Gasteiger partial charge in [-0.3, -0.25) is 4.57 Å². The average Bonchev–Trinajstić information content (AvgIpc) is 3.08. The van der Waals surface area contributed by atoms with Crippen molar-refractivity contribution in [3.63, 3.8) is 0 Å². The predicted octanol–water partition coefficient (Wildman–Crippen LogP) is 6.96. The van der Waals surface area contributed by atoms with Crippen molar-refractivity contribution in [2.75, 3.05) is 0 Å². The second kappa shape index (κ2) is 9.86. The van der Waals surface area contributed by atoms with Crippen LogP contribution in [0, 0.1) is 19.7 Å². The summed E-state index contributed by atoms with van der Waals surface area (Å²) in [5, 5.41) is 10.5. The Kier molecular flexibility index (Phi) is 7.45. The van der Waals surface area contributed by atoms with Crippen molar-refractivity contribution in [2.24, 2.45) is 0 Å². The molecule has 1 aromatic heterocycles. The standard InChI is InChI=1S/C22H22Cl2FN3OS/c1-5-8-28-21(15(4)29-18-9-13(2)20(24)14(3)10-18)26-27-22(28)30-12-16-6-7-17(25)11-19(16)23/h5-7,9-11,15H,1,8,12H2,2-4H3. The number of allylic oxidation sites excluding steroid dienone is 1. The van der Waals surface area contributed by atoms with Crippen LogP contribution in [0.3, 0.4) is 0 Å². The van der Waals surface area contributed by atoms with E-state index in [0.29, 0.717) is 28.3 Å². The lowest BCUT2D eigenvalue weighted by Gasteiger charge is -2.17. The normalized spacial score (nSPS) is 12.1. The van der Waals surface area contributed by atoms with Crippen LogP contribution < -0.4 is 4.74 Å². The fourth-order valence-electron chi connectivity index (χ4n) is 3.02. The molecule has 3 aromatic rings. The highest BCUT2D eigenvalue weighted by Crippen LogP contribution is 2.31. The number of nitrogens with zero attached hydrogens (tertiary/aromatic N) is 3. The first-order chi connectivity index (χ1) is 14.3. The van der Waals surface area contributed by atoms with Gasteiger partial charge in [0.1, 0.15) is 11.6 Å². The van der Waals surface area contributed by atoms with Gasteiger partial charge in [-0.2, -0.15) is 0 Å². The molecule has 0 saturated carbocycles. The summed E-state index contributed by atoms with van der Waals surface area (Å²) in [5.74, 6) is 1.60. The molecule has 0 spiro atoms. The van der Waals surface area contributed by atoms with Crippen LogP contribution in [0.5, 0.6) is 5.75 Å². The van der Waals surface area contributed by atoms with Gasteiger partial charge in [0.15, 0.2) is 17.1 Å². The molecule has 0 fully saturated rings. The molecule has 30 heavy (non-hydrogen) atoms. The second-order valence-corrected chi connectivity index (χ2v) is 8.62. The maximum atomic E-state index is 13.3. The maximum absolute atomic E-state index is 13.3. The second-order valence-electron chi connectivity index (χ2n) is 6.90. The first-order valence-electron chi connectivity index (χ1n) is 9.34. The summed E-state index contributed by atoms with van der Waals surface area (Å²) < 4.78 is 21.3. The highest BCUT2D eigenvalue weighted by atomic mass is 35.5. The van der Waals surface area contributed by atoms with Gasteiger partial charge in [0.2, 0.25) is 0 Å². The lowest BCUT2D eigenvalue weighted by atomic mass is 10.1. The topological polar surface area (TPSA) is 39.9 Å². The summed E-state index contributed by atoms with van der Waals surface area (Å²) in [7, 11) is 0. The third-order valence-electron chi connectivity index (χ3n) is 4.52. The van der Waals surface area contributed by atoms with Gasteiger partial charge >= 0.3 is 0 Å². The fourth-order valence-corrected chi connectivity index (χ4v) is 4.40. The van der Waals surface area contributed by atoms with E-state index < -0.39 is 0 Å². The van der Waals surface area contributed by atoms with Gasteiger partial charge in [-0.15, -0.1) is 16.8 Å². The van der Waals surface area contributed by atoms with E-state index in [1.165, 1.54) is 23.9 Å². The molecule has 0 N–H and O–H groups in total. The molecule has 2 aromatic carbocycles. The van der Waals surface area contributed by atoms with Gasteiger partial charge in [-0.05, 0) is 61.7 Å². The minimum atomic E-state index is -0.357. The Hall–Kier alpha value is -2.02. The van der Waals surface area contributed by atoms with Crippen LogP contribution in [0.1, 0.15) is 35.5 Å². The molecule has 158 valence electrons. The zero-order chi connectivity index (χ0) is 21.8. The first kappa shape index (κ1) is 22.7. The Morgan fingerprint density at radius 3 is 2.53 bits per heavy atom. The van der Waals surface area contributed by atoms with Crippen molar-refractivity contribution < 1.29 is 9.13 Å². The molecule has 0 aliphatic heterocycles. The molecule has 0 aliphatic rings. The number of ether oxygens (including phenoxy) is 1. The molecule has 0 amide bonds. The SMILES string of the molecule is C=CCn1c(SCc2ccc(F)cc2Cl)nnc1C(C)Oc1cc(C)c(Cl)c(C)c1. The molecule has 0 aliphatic carbocycles. The van der Waals surface area contributed by atoms with Gasteiger partial charge in [0.05, 0.1) is 0 Å². The largest absolute Gasteiger partial charge is 0.483 e. The molecule has 1 atom stereocenters. The quantitative estimate of drug-likeness (QED) is 0.266. The summed E-state index contributed by atoms with van der Waals surface area (Å²) in [4.78, 5) is 0. The number of aryl methyl sites for hydroxylation is 2. The van der Waals surface area contributed by atoms with Gasteiger partial charge in [0, 0.05) is 22.3 Å². The van der Waals surface area contributed by atoms with E-state index in [0.717, 1.165) is 27.5 Å². The number of rotatable bonds is 8. The van der Waals surface area contributed by atoms with Crippen molar-refractivity contribution in [3.8, 4) is 5.75 Å². The number of aromatic nitrogens is 3. The van der Waals surface area contributed by atoms with E-state index >= 15 is 0 Å². The summed E-state index contributed by atoms with van der Waals surface area (Å²) in [6.07, 6.45) is 1.45. The van der Waals surface area contributed by atoms with Crippen molar-refractivity contribution >= 4 is 35.0 Å². The van der Waals surface area contributed by atoms with E-state index in [1.54, 1.807) is 12.1 Å². The number of halogens is 3. The van der Waals surface area contributed by atoms with Crippen molar-refractivity contribution in [3.05, 3.63) is 81.4 Å². The lowest BCUT2D eigenvalue weighted by molar-refractivity contribution is 0.210. The number of benzene rings is 2. The Balaban J connectivity index is 1.80. The summed E-state index contributed by atoms with van der Waals surface area (Å²) in [5.41, 5.74) is 2.74. The van der Waals surface area contributed by atoms with Crippen LogP contribution in [-0.2, 0) is 12.3 Å². The van der Waals surface area contributed by atoms with Crippen molar-refractivity contribution in [1.82, 2.24) is 14.8 Å². The van der Waals surface area contributed by atoms with Crippen LogP contribution >= 0.6 is 35.0 Å². The van der Waals surface area contributed by atoms with E-state index in [4.69, 9.17) is 27.9 Å². The summed E-state index contributed by atoms with van der Waals surface area (Å²) >= 11 is 13.9. The molecule has 3 rings (SSSR count). The minimum Gasteiger partial charge on any atom is -0.483 e. The first-order valence-corrected chi connectivity index (χ1v) is 11.1. The van der Waals surface area contributed by atoms with Crippen LogP contribution in [0.2, 0.25) is 10.0 Å². The molecular formula is C22H22Cl2FN3OS. The van der Waals surface area contributed by atoms with Crippen LogP contribution in [0.15, 0.2) is 48.1 Å². The van der Waals surface area contributed by atoms with Gasteiger partial charge in [0.25, 0.3) is 0 Å². The van der Waals surface area contributed by atoms with E-state index in [-0.39, 0.29) is 11.9 Å². The predicted molar refractivity (Wildman–Crippen MR) is 121 cm³/mol. The number of hydrogen-bond acceptors (Lipinski definition) is 4. The Morgan fingerprint density at radius 1 is 1.20 bits per heavy atom. The van der Waals surface area contributed by atoms with Crippen LogP contribution in [0.25, 0.3) is 0 Å². The monoisotopic (exact) mass is 465 g/mol. The summed E-state index contributed by atoms with van der Waals surface area (Å²) in [6.45, 7) is 10.2. The maximum Gasteiger partial charge on any atom is 0.191 e. The van der Waals surface area contributed by atoms with Crippen molar-refractivity contribution in [1.29, 1.82) is 0 Å². The van der Waals surface area contributed by atoms with Crippen LogP contribution in [0.4, 0.5) is 4.39 Å². The molecule has 0 bridgehead atoms. The Bertz CT molecular complexity index is 1050. The zero-order valence-corrected chi connectivity index (χ0v) is 19.3. The highest BCUT2D eigenvalue weighted by molar-refractivity contribution is 7.98. The van der Waals surface area contributed by atoms with E-state index in [2.05, 4.69) is 16.8 Å². The smallest absolute Gasteiger partial charge is 0.191 e. The van der Waals surface area contributed by atoms with Gasteiger partial charge in [-0.1, -0.05) is 47.1 Å². The van der Waals surface area contributed by atoms with Gasteiger partial charge in [-0.25, -0.2) is 4.39 Å². The number of thioether (sulfide) groups is 1. The molecule has 0 saturated heterocycles. The Morgan fingerprint density at radius 2 is 1.90 bits per heavy atom. The highest BCUT2D eigenvalue weighted by Gasteiger charge is 2.20. The lowest BCUT2D eigenvalue weighted by Crippen LogP contribution is -2.12. The van der Waals surface area contributed by atoms with Gasteiger partial charge < -0.3 is 4.74 Å². The third-order valence-corrected chi connectivity index (χ3v) is 6.48. The minimum absolute atomic E-state index is 0.332. The van der Waals surface area contributed by atoms with E-state index in [1.807, 2.05) is 37.5 Å². The summed E-state index contributed by atoms with van der Waals surface area (Å²) in [6, 6.07) is 8.20. The molecule has 0 radical (unpaired) electrons. The zero-order valence-electron chi connectivity index (χ0n) is 17.0. The molecule has 1 heterocycles. The fraction of sp³-hybridized carbons (Fsp3) is 0.273. The Labute approximate surface area is 190 Å².